The second-order valence-corrected chi connectivity index (χ2v) is 5.12. The van der Waals surface area contributed by atoms with E-state index in [0.717, 1.165) is 12.8 Å². The second-order valence-electron chi connectivity index (χ2n) is 5.12. The molecule has 0 bridgehead atoms. The smallest absolute Gasteiger partial charge is 0.225 e. The highest BCUT2D eigenvalue weighted by atomic mass is 16.5. The predicted octanol–water partition coefficient (Wildman–Crippen LogP) is 1.39. The first-order valence-corrected chi connectivity index (χ1v) is 6.64. The summed E-state index contributed by atoms with van der Waals surface area (Å²) in [6.07, 6.45) is 7.02. The fraction of sp³-hybridized carbons (Fsp3) is 0.923. The first-order valence-electron chi connectivity index (χ1n) is 6.64. The van der Waals surface area contributed by atoms with Crippen molar-refractivity contribution in [2.24, 2.45) is 11.7 Å². The van der Waals surface area contributed by atoms with Crippen LogP contribution in [0.4, 0.5) is 0 Å². The Morgan fingerprint density at radius 3 is 2.47 bits per heavy atom. The second kappa shape index (κ2) is 7.67. The van der Waals surface area contributed by atoms with Gasteiger partial charge < -0.3 is 15.4 Å². The van der Waals surface area contributed by atoms with Crippen LogP contribution in [0.3, 0.4) is 0 Å². The van der Waals surface area contributed by atoms with E-state index in [4.69, 9.17) is 10.5 Å². The highest BCUT2D eigenvalue weighted by Crippen LogP contribution is 2.24. The lowest BCUT2D eigenvalue weighted by Gasteiger charge is -2.25. The number of carbonyl (C=O) groups excluding carboxylic acids is 1. The number of methoxy groups -OCH3 is 1. The van der Waals surface area contributed by atoms with E-state index in [1.807, 2.05) is 7.05 Å². The molecule has 0 spiro atoms. The zero-order valence-corrected chi connectivity index (χ0v) is 11.2. The molecule has 0 aliphatic heterocycles. The maximum absolute atomic E-state index is 12.2. The van der Waals surface area contributed by atoms with Crippen molar-refractivity contribution in [2.75, 3.05) is 27.3 Å². The Bertz CT molecular complexity index is 225. The third-order valence-electron chi connectivity index (χ3n) is 3.47. The topological polar surface area (TPSA) is 55.6 Å². The number of hydrogen-bond donors (Lipinski definition) is 1. The van der Waals surface area contributed by atoms with Gasteiger partial charge in [-0.3, -0.25) is 4.79 Å². The molecule has 4 heteroatoms. The van der Waals surface area contributed by atoms with Gasteiger partial charge in [-0.2, -0.15) is 0 Å². The summed E-state index contributed by atoms with van der Waals surface area (Å²) < 4.78 is 4.99. The fourth-order valence-corrected chi connectivity index (χ4v) is 2.55. The van der Waals surface area contributed by atoms with Crippen molar-refractivity contribution < 1.29 is 9.53 Å². The monoisotopic (exact) mass is 242 g/mol. The molecule has 1 unspecified atom stereocenters. The third kappa shape index (κ3) is 5.04. The van der Waals surface area contributed by atoms with Crippen LogP contribution in [-0.2, 0) is 9.53 Å². The molecule has 4 nitrogen and oxygen atoms in total. The molecule has 1 fully saturated rings. The highest BCUT2D eigenvalue weighted by Gasteiger charge is 2.23. The first kappa shape index (κ1) is 14.5. The summed E-state index contributed by atoms with van der Waals surface area (Å²) in [6.45, 7) is 1.09. The molecule has 0 aromatic rings. The maximum Gasteiger partial charge on any atom is 0.225 e. The van der Waals surface area contributed by atoms with Gasteiger partial charge in [0.25, 0.3) is 0 Å². The van der Waals surface area contributed by atoms with Crippen molar-refractivity contribution in [3.05, 3.63) is 0 Å². The lowest BCUT2D eigenvalue weighted by molar-refractivity contribution is -0.135. The van der Waals surface area contributed by atoms with Gasteiger partial charge in [0.2, 0.25) is 5.91 Å². The van der Waals surface area contributed by atoms with Gasteiger partial charge in [-0.25, -0.2) is 0 Å². The van der Waals surface area contributed by atoms with Crippen LogP contribution in [0.5, 0.6) is 0 Å². The van der Waals surface area contributed by atoms with Crippen molar-refractivity contribution in [1.82, 2.24) is 4.90 Å². The molecule has 1 aliphatic rings. The zero-order valence-electron chi connectivity index (χ0n) is 11.2. The van der Waals surface area contributed by atoms with Gasteiger partial charge in [-0.05, 0) is 12.8 Å². The maximum atomic E-state index is 12.2. The molecule has 0 saturated heterocycles. The van der Waals surface area contributed by atoms with E-state index in [2.05, 4.69) is 0 Å². The molecule has 17 heavy (non-hydrogen) atoms. The van der Waals surface area contributed by atoms with Gasteiger partial charge in [-0.1, -0.05) is 25.7 Å². The van der Waals surface area contributed by atoms with E-state index < -0.39 is 0 Å². The molecule has 1 rings (SSSR count). The first-order chi connectivity index (χ1) is 8.15. The largest absolute Gasteiger partial charge is 0.383 e. The van der Waals surface area contributed by atoms with E-state index in [-0.39, 0.29) is 17.9 Å². The van der Waals surface area contributed by atoms with Crippen molar-refractivity contribution in [3.8, 4) is 0 Å². The quantitative estimate of drug-likeness (QED) is 0.741. The lowest BCUT2D eigenvalue weighted by atomic mass is 9.99. The average Bonchev–Trinajstić information content (AvgIpc) is 2.56. The molecule has 1 saturated carbocycles. The Balaban J connectivity index is 2.38. The van der Waals surface area contributed by atoms with Crippen LogP contribution in [0.2, 0.25) is 0 Å². The number of likely N-dealkylation sites (N-methyl/N-ethyl adjacent to an activating group) is 1. The van der Waals surface area contributed by atoms with Crippen LogP contribution >= 0.6 is 0 Å². The molecule has 1 aliphatic carbocycles. The van der Waals surface area contributed by atoms with Crippen LogP contribution in [0.1, 0.15) is 38.5 Å². The van der Waals surface area contributed by atoms with Gasteiger partial charge in [0.15, 0.2) is 0 Å². The lowest BCUT2D eigenvalue weighted by Crippen LogP contribution is -2.43. The van der Waals surface area contributed by atoms with Crippen molar-refractivity contribution in [2.45, 2.75) is 44.6 Å². The minimum absolute atomic E-state index is 0.0836. The summed E-state index contributed by atoms with van der Waals surface area (Å²) in [6, 6.07) is -0.0836. The molecule has 1 atom stereocenters. The summed E-state index contributed by atoms with van der Waals surface area (Å²) in [7, 11) is 3.48. The molecular weight excluding hydrogens is 216 g/mol. The van der Waals surface area contributed by atoms with E-state index in [1.54, 1.807) is 12.0 Å². The molecule has 1 amide bonds. The molecule has 2 N–H and O–H groups in total. The van der Waals surface area contributed by atoms with Crippen LogP contribution < -0.4 is 5.73 Å². The number of ether oxygens (including phenoxy) is 1. The molecule has 0 radical (unpaired) electrons. The Morgan fingerprint density at radius 1 is 1.35 bits per heavy atom. The van der Waals surface area contributed by atoms with E-state index in [9.17, 15) is 4.79 Å². The van der Waals surface area contributed by atoms with E-state index >= 15 is 0 Å². The number of hydrogen-bond acceptors (Lipinski definition) is 3. The van der Waals surface area contributed by atoms with Crippen molar-refractivity contribution in [3.63, 3.8) is 0 Å². The molecule has 0 heterocycles. The number of amides is 1. The fourth-order valence-electron chi connectivity index (χ4n) is 2.55. The summed E-state index contributed by atoms with van der Waals surface area (Å²) in [5.41, 5.74) is 5.86. The number of nitrogens with two attached hydrogens (primary N) is 1. The predicted molar refractivity (Wildman–Crippen MR) is 68.7 cm³/mol. The van der Waals surface area contributed by atoms with E-state index in [0.29, 0.717) is 13.2 Å². The van der Waals surface area contributed by atoms with Gasteiger partial charge in [0, 0.05) is 32.7 Å². The van der Waals surface area contributed by atoms with Gasteiger partial charge >= 0.3 is 0 Å². The Kier molecular flexibility index (Phi) is 6.52. The van der Waals surface area contributed by atoms with Gasteiger partial charge in [0.05, 0.1) is 6.61 Å². The summed E-state index contributed by atoms with van der Waals surface area (Å²) >= 11 is 0. The number of rotatable bonds is 5. The minimum Gasteiger partial charge on any atom is -0.383 e. The van der Waals surface area contributed by atoms with Crippen LogP contribution in [0.15, 0.2) is 0 Å². The molecule has 0 aromatic heterocycles. The number of carbonyl (C=O) groups is 1. The summed E-state index contributed by atoms with van der Waals surface area (Å²) in [4.78, 5) is 14.0. The molecular formula is C13H26N2O2. The van der Waals surface area contributed by atoms with Crippen LogP contribution in [0, 0.1) is 5.92 Å². The van der Waals surface area contributed by atoms with Crippen molar-refractivity contribution in [1.29, 1.82) is 0 Å². The Morgan fingerprint density at radius 2 is 1.94 bits per heavy atom. The van der Waals surface area contributed by atoms with Gasteiger partial charge in [0.1, 0.15) is 0 Å². The Hall–Kier alpha value is -0.610. The Labute approximate surface area is 104 Å². The molecule has 100 valence electrons. The van der Waals surface area contributed by atoms with Crippen LogP contribution in [-0.4, -0.2) is 44.2 Å². The third-order valence-corrected chi connectivity index (χ3v) is 3.47. The van der Waals surface area contributed by atoms with Crippen molar-refractivity contribution >= 4 is 5.91 Å². The highest BCUT2D eigenvalue weighted by molar-refractivity contribution is 5.78. The average molecular weight is 242 g/mol. The zero-order chi connectivity index (χ0) is 12.7. The normalized spacial score (nSPS) is 19.7. The van der Waals surface area contributed by atoms with Gasteiger partial charge in [-0.15, -0.1) is 0 Å². The standard InChI is InChI=1S/C13H26N2O2/c1-15(9-12(14)10-17-2)13(16)11-7-5-3-4-6-8-11/h11-12H,3-10,14H2,1-2H3. The van der Waals surface area contributed by atoms with Crippen LogP contribution in [0.25, 0.3) is 0 Å². The number of nitrogens with zero attached hydrogens (tertiary/aromatic N) is 1. The summed E-state index contributed by atoms with van der Waals surface area (Å²) in [5, 5.41) is 0. The van der Waals surface area contributed by atoms with E-state index in [1.165, 1.54) is 25.7 Å². The minimum atomic E-state index is -0.0836. The summed E-state index contributed by atoms with van der Waals surface area (Å²) in [5.74, 6) is 0.482. The molecule has 0 aromatic carbocycles. The SMILES string of the molecule is COCC(N)CN(C)C(=O)C1CCCCCC1.